The largest absolute Gasteiger partial charge is 0.465 e. The second-order valence-corrected chi connectivity index (χ2v) is 12.7. The highest BCUT2D eigenvalue weighted by atomic mass is 16.5. The molecule has 3 saturated heterocycles. The first-order chi connectivity index (χ1) is 22.0. The van der Waals surface area contributed by atoms with Crippen molar-refractivity contribution in [3.8, 4) is 22.8 Å². The van der Waals surface area contributed by atoms with Crippen molar-refractivity contribution in [3.63, 3.8) is 0 Å². The number of likely N-dealkylation sites (tertiary alicyclic amines) is 3. The molecule has 0 spiro atoms. The van der Waals surface area contributed by atoms with Gasteiger partial charge in [-0.1, -0.05) is 18.2 Å². The highest BCUT2D eigenvalue weighted by molar-refractivity contribution is 5.98. The molecule has 7 rings (SSSR count). The Morgan fingerprint density at radius 3 is 2.18 bits per heavy atom. The van der Waals surface area contributed by atoms with E-state index in [0.717, 1.165) is 92.2 Å². The minimum atomic E-state index is -0.781. The molecule has 236 valence electrons. The number of benzene rings is 2. The van der Waals surface area contributed by atoms with E-state index < -0.39 is 6.09 Å². The fraction of sp³-hybridized carbons (Fsp3) is 0.471. The number of carboxylic acid groups (broad SMARTS) is 1. The molecule has 0 bridgehead atoms. The maximum Gasteiger partial charge on any atom is 0.407 e. The number of nitrogens with two attached hydrogens (primary N) is 1. The molecular formula is C34H42N8O3. The molecule has 0 atom stereocenters. The van der Waals surface area contributed by atoms with Gasteiger partial charge in [-0.2, -0.15) is 5.10 Å². The molecule has 2 aromatic heterocycles. The first kappa shape index (κ1) is 29.5. The predicted molar refractivity (Wildman–Crippen MR) is 173 cm³/mol. The zero-order chi connectivity index (χ0) is 30.8. The van der Waals surface area contributed by atoms with Crippen molar-refractivity contribution >= 4 is 22.9 Å². The van der Waals surface area contributed by atoms with E-state index in [2.05, 4.69) is 24.4 Å². The average molecular weight is 611 g/mol. The standard InChI is InChI=1S/C34H42N8O3/c35-32-30-31(25-6-8-29(9-7-25)45-28-4-2-1-3-5-28)38-42(33(30)37-23-36-32)27-14-20-40(21-15-27)26-12-16-39(17-13-26)22-24-10-18-41(19-11-24)34(43)44/h1-9,23-24,26-27H,10-22H2,(H,43,44)(H2,35,36,37). The number of nitrogens with zero attached hydrogens (tertiary/aromatic N) is 7. The first-order valence-corrected chi connectivity index (χ1v) is 16.3. The Hall–Kier alpha value is -4.22. The van der Waals surface area contributed by atoms with Crippen molar-refractivity contribution < 1.29 is 14.6 Å². The van der Waals surface area contributed by atoms with E-state index in [1.165, 1.54) is 19.2 Å². The summed E-state index contributed by atoms with van der Waals surface area (Å²) in [5, 5.41) is 15.1. The number of para-hydroxylation sites is 1. The molecule has 0 saturated carbocycles. The van der Waals surface area contributed by atoms with E-state index in [1.807, 2.05) is 54.6 Å². The summed E-state index contributed by atoms with van der Waals surface area (Å²) in [5.74, 6) is 2.62. The highest BCUT2D eigenvalue weighted by Crippen LogP contribution is 2.36. The molecule has 1 amide bonds. The number of rotatable bonds is 7. The van der Waals surface area contributed by atoms with Crippen molar-refractivity contribution in [1.29, 1.82) is 0 Å². The summed E-state index contributed by atoms with van der Waals surface area (Å²) >= 11 is 0. The maximum absolute atomic E-state index is 11.2. The molecule has 3 N–H and O–H groups in total. The first-order valence-electron chi connectivity index (χ1n) is 16.3. The normalized spacial score (nSPS) is 19.7. The van der Waals surface area contributed by atoms with Gasteiger partial charge < -0.3 is 30.3 Å². The minimum absolute atomic E-state index is 0.254. The Labute approximate surface area is 263 Å². The summed E-state index contributed by atoms with van der Waals surface area (Å²) < 4.78 is 8.08. The molecule has 11 nitrogen and oxygen atoms in total. The maximum atomic E-state index is 11.2. The Bertz CT molecular complexity index is 1590. The van der Waals surface area contributed by atoms with Crippen LogP contribution in [0.4, 0.5) is 10.6 Å². The molecule has 3 aliphatic rings. The number of ether oxygens (including phenoxy) is 1. The second-order valence-electron chi connectivity index (χ2n) is 12.7. The van der Waals surface area contributed by atoms with Crippen LogP contribution >= 0.6 is 0 Å². The lowest BCUT2D eigenvalue weighted by molar-refractivity contribution is 0.0646. The molecular weight excluding hydrogens is 568 g/mol. The number of nitrogen functional groups attached to an aromatic ring is 1. The smallest absolute Gasteiger partial charge is 0.407 e. The Balaban J connectivity index is 0.969. The molecule has 4 aromatic rings. The third kappa shape index (κ3) is 6.46. The minimum Gasteiger partial charge on any atom is -0.465 e. The van der Waals surface area contributed by atoms with Crippen LogP contribution in [-0.2, 0) is 0 Å². The van der Waals surface area contributed by atoms with Crippen molar-refractivity contribution in [3.05, 3.63) is 60.9 Å². The van der Waals surface area contributed by atoms with Crippen molar-refractivity contribution in [2.24, 2.45) is 5.92 Å². The van der Waals surface area contributed by atoms with Gasteiger partial charge in [-0.25, -0.2) is 19.4 Å². The van der Waals surface area contributed by atoms with E-state index in [9.17, 15) is 9.90 Å². The molecule has 3 fully saturated rings. The Morgan fingerprint density at radius 2 is 1.49 bits per heavy atom. The lowest BCUT2D eigenvalue weighted by Crippen LogP contribution is -2.49. The SMILES string of the molecule is Nc1ncnc2c1c(-c1ccc(Oc3ccccc3)cc1)nn2C1CCN(C2CCN(CC3CCN(C(=O)O)CC3)CC2)CC1. The van der Waals surface area contributed by atoms with Crippen LogP contribution in [0.3, 0.4) is 0 Å². The summed E-state index contributed by atoms with van der Waals surface area (Å²) in [7, 11) is 0. The van der Waals surface area contributed by atoms with Crippen LogP contribution in [0.2, 0.25) is 0 Å². The van der Waals surface area contributed by atoms with Gasteiger partial charge in [-0.15, -0.1) is 0 Å². The third-order valence-corrected chi connectivity index (χ3v) is 9.94. The summed E-state index contributed by atoms with van der Waals surface area (Å²) in [4.78, 5) is 27.0. The zero-order valence-electron chi connectivity index (χ0n) is 25.7. The van der Waals surface area contributed by atoms with E-state index in [0.29, 0.717) is 30.9 Å². The molecule has 0 radical (unpaired) electrons. The molecule has 0 unspecified atom stereocenters. The number of amides is 1. The number of anilines is 1. The van der Waals surface area contributed by atoms with Gasteiger partial charge >= 0.3 is 6.09 Å². The van der Waals surface area contributed by atoms with E-state index in [1.54, 1.807) is 4.90 Å². The van der Waals surface area contributed by atoms with Gasteiger partial charge in [0.15, 0.2) is 5.65 Å². The topological polar surface area (TPSA) is 126 Å². The highest BCUT2D eigenvalue weighted by Gasteiger charge is 2.32. The van der Waals surface area contributed by atoms with Crippen molar-refractivity contribution in [2.45, 2.75) is 50.6 Å². The van der Waals surface area contributed by atoms with Gasteiger partial charge in [0.05, 0.1) is 11.4 Å². The van der Waals surface area contributed by atoms with Gasteiger partial charge in [0.1, 0.15) is 29.3 Å². The van der Waals surface area contributed by atoms with Crippen molar-refractivity contribution in [2.75, 3.05) is 51.5 Å². The summed E-state index contributed by atoms with van der Waals surface area (Å²) in [6.07, 6.45) is 7.15. The van der Waals surface area contributed by atoms with Gasteiger partial charge in [-0.3, -0.25) is 0 Å². The fourth-order valence-corrected chi connectivity index (χ4v) is 7.39. The van der Waals surface area contributed by atoms with Gasteiger partial charge in [-0.05, 0) is 93.9 Å². The fourth-order valence-electron chi connectivity index (χ4n) is 7.39. The Kier molecular flexibility index (Phi) is 8.53. The number of carbonyl (C=O) groups is 1. The summed E-state index contributed by atoms with van der Waals surface area (Å²) in [5.41, 5.74) is 8.96. The molecule has 2 aromatic carbocycles. The average Bonchev–Trinajstić information content (AvgIpc) is 3.47. The molecule has 11 heteroatoms. The van der Waals surface area contributed by atoms with Crippen LogP contribution in [-0.4, -0.2) is 97.5 Å². The van der Waals surface area contributed by atoms with Crippen LogP contribution < -0.4 is 10.5 Å². The van der Waals surface area contributed by atoms with Crippen molar-refractivity contribution in [1.82, 2.24) is 34.4 Å². The lowest BCUT2D eigenvalue weighted by atomic mass is 9.94. The Morgan fingerprint density at radius 1 is 0.822 bits per heavy atom. The summed E-state index contributed by atoms with van der Waals surface area (Å²) in [6, 6.07) is 18.6. The van der Waals surface area contributed by atoms with Crippen LogP contribution in [0.1, 0.15) is 44.6 Å². The van der Waals surface area contributed by atoms with Crippen LogP contribution in [0, 0.1) is 5.92 Å². The van der Waals surface area contributed by atoms with Crippen LogP contribution in [0.25, 0.3) is 22.3 Å². The van der Waals surface area contributed by atoms with E-state index in [4.69, 9.17) is 15.6 Å². The quantitative estimate of drug-likeness (QED) is 0.284. The number of fused-ring (bicyclic) bond motifs is 1. The van der Waals surface area contributed by atoms with Gasteiger partial charge in [0.2, 0.25) is 0 Å². The van der Waals surface area contributed by atoms with E-state index >= 15 is 0 Å². The number of piperidine rings is 3. The monoisotopic (exact) mass is 610 g/mol. The lowest BCUT2D eigenvalue weighted by Gasteiger charge is -2.43. The number of aromatic nitrogens is 4. The second kappa shape index (κ2) is 13.0. The molecule has 45 heavy (non-hydrogen) atoms. The summed E-state index contributed by atoms with van der Waals surface area (Å²) in [6.45, 7) is 6.80. The van der Waals surface area contributed by atoms with Gasteiger partial charge in [0, 0.05) is 44.3 Å². The van der Waals surface area contributed by atoms with Crippen LogP contribution in [0.15, 0.2) is 60.9 Å². The molecule has 5 heterocycles. The number of hydrogen-bond acceptors (Lipinski definition) is 8. The zero-order valence-corrected chi connectivity index (χ0v) is 25.7. The predicted octanol–water partition coefficient (Wildman–Crippen LogP) is 5.36. The third-order valence-electron chi connectivity index (χ3n) is 9.94. The molecule has 3 aliphatic heterocycles. The van der Waals surface area contributed by atoms with Crippen LogP contribution in [0.5, 0.6) is 11.5 Å². The number of hydrogen-bond donors (Lipinski definition) is 2. The van der Waals surface area contributed by atoms with Gasteiger partial charge in [0.25, 0.3) is 0 Å². The molecule has 0 aliphatic carbocycles. The van der Waals surface area contributed by atoms with E-state index in [-0.39, 0.29) is 6.04 Å².